The van der Waals surface area contributed by atoms with E-state index >= 15 is 0 Å². The number of carboxylic acid groups (broad SMARTS) is 1. The van der Waals surface area contributed by atoms with Gasteiger partial charge in [0.05, 0.1) is 5.69 Å². The number of Topliss-reactive ketones (excluding diaryl/α,β-unsaturated/α-hetero) is 1. The normalized spacial score (nSPS) is 9.83. The zero-order valence-corrected chi connectivity index (χ0v) is 6.62. The smallest absolute Gasteiger partial charge is 0.341 e. The van der Waals surface area contributed by atoms with Crippen LogP contribution in [0.4, 0.5) is 0 Å². The first-order chi connectivity index (χ1) is 5.54. The van der Waals surface area contributed by atoms with Crippen molar-refractivity contribution in [3.05, 3.63) is 17.0 Å². The number of carboxylic acids is 1. The summed E-state index contributed by atoms with van der Waals surface area (Å²) in [6.45, 7) is 2.70. The SMILES string of the molecule is CC(=O)c1onc(C)c1C(=O)O. The molecule has 0 amide bonds. The minimum Gasteiger partial charge on any atom is -0.477 e. The second kappa shape index (κ2) is 2.77. The fraction of sp³-hybridized carbons (Fsp3) is 0.286. The summed E-state index contributed by atoms with van der Waals surface area (Å²) in [5.74, 6) is -1.83. The molecule has 1 aromatic rings. The molecule has 0 aliphatic heterocycles. The number of hydrogen-bond donors (Lipinski definition) is 1. The Labute approximate surface area is 68.0 Å². The molecule has 0 fully saturated rings. The Hall–Kier alpha value is -1.65. The summed E-state index contributed by atoms with van der Waals surface area (Å²) < 4.78 is 4.54. The van der Waals surface area contributed by atoms with Gasteiger partial charge in [-0.3, -0.25) is 4.79 Å². The van der Waals surface area contributed by atoms with E-state index in [2.05, 4.69) is 9.68 Å². The molecule has 12 heavy (non-hydrogen) atoms. The maximum Gasteiger partial charge on any atom is 0.341 e. The Morgan fingerprint density at radius 1 is 1.50 bits per heavy atom. The van der Waals surface area contributed by atoms with Gasteiger partial charge in [-0.1, -0.05) is 5.16 Å². The summed E-state index contributed by atoms with van der Waals surface area (Å²) in [5, 5.41) is 12.0. The van der Waals surface area contributed by atoms with Crippen molar-refractivity contribution in [2.45, 2.75) is 13.8 Å². The molecule has 0 aliphatic carbocycles. The van der Waals surface area contributed by atoms with Crippen LogP contribution < -0.4 is 0 Å². The topological polar surface area (TPSA) is 80.4 Å². The third-order valence-corrected chi connectivity index (χ3v) is 1.40. The molecule has 5 heteroatoms. The molecule has 1 N–H and O–H groups in total. The Morgan fingerprint density at radius 2 is 2.08 bits per heavy atom. The lowest BCUT2D eigenvalue weighted by molar-refractivity contribution is 0.0689. The number of ketones is 1. The number of aromatic carboxylic acids is 1. The van der Waals surface area contributed by atoms with Gasteiger partial charge >= 0.3 is 5.97 Å². The van der Waals surface area contributed by atoms with Gasteiger partial charge < -0.3 is 9.63 Å². The lowest BCUT2D eigenvalue weighted by Gasteiger charge is -1.89. The average Bonchev–Trinajstić information content (AvgIpc) is 2.30. The Kier molecular flexibility index (Phi) is 1.95. The van der Waals surface area contributed by atoms with Crippen LogP contribution in [-0.2, 0) is 0 Å². The highest BCUT2D eigenvalue weighted by Gasteiger charge is 2.22. The second-order valence-electron chi connectivity index (χ2n) is 2.33. The van der Waals surface area contributed by atoms with E-state index in [4.69, 9.17) is 5.11 Å². The number of carbonyl (C=O) groups is 2. The second-order valence-corrected chi connectivity index (χ2v) is 2.33. The Balaban J connectivity index is 3.31. The number of aromatic nitrogens is 1. The summed E-state index contributed by atoms with van der Waals surface area (Å²) in [6.07, 6.45) is 0. The van der Waals surface area contributed by atoms with Gasteiger partial charge in [0.2, 0.25) is 5.76 Å². The molecular weight excluding hydrogens is 162 g/mol. The third kappa shape index (κ3) is 1.20. The maximum absolute atomic E-state index is 10.8. The maximum atomic E-state index is 10.8. The third-order valence-electron chi connectivity index (χ3n) is 1.40. The van der Waals surface area contributed by atoms with E-state index in [-0.39, 0.29) is 17.0 Å². The zero-order chi connectivity index (χ0) is 9.30. The van der Waals surface area contributed by atoms with E-state index in [1.165, 1.54) is 13.8 Å². The number of aryl methyl sites for hydroxylation is 1. The Bertz CT molecular complexity index is 339. The molecule has 0 atom stereocenters. The summed E-state index contributed by atoms with van der Waals surface area (Å²) in [7, 11) is 0. The van der Waals surface area contributed by atoms with Crippen molar-refractivity contribution in [2.24, 2.45) is 0 Å². The fourth-order valence-corrected chi connectivity index (χ4v) is 0.862. The van der Waals surface area contributed by atoms with Crippen LogP contribution in [0.2, 0.25) is 0 Å². The van der Waals surface area contributed by atoms with Crippen LogP contribution in [-0.4, -0.2) is 22.0 Å². The van der Waals surface area contributed by atoms with Gasteiger partial charge in [0, 0.05) is 6.92 Å². The molecule has 1 aromatic heterocycles. The van der Waals surface area contributed by atoms with Gasteiger partial charge in [0.25, 0.3) is 0 Å². The van der Waals surface area contributed by atoms with Crippen molar-refractivity contribution in [3.8, 4) is 0 Å². The highest BCUT2D eigenvalue weighted by atomic mass is 16.5. The van der Waals surface area contributed by atoms with Crippen molar-refractivity contribution >= 4 is 11.8 Å². The standard InChI is InChI=1S/C7H7NO4/c1-3-5(7(10)11)6(4(2)9)12-8-3/h1-2H3,(H,10,11). The monoisotopic (exact) mass is 169 g/mol. The number of rotatable bonds is 2. The van der Waals surface area contributed by atoms with E-state index in [0.29, 0.717) is 0 Å². The first-order valence-corrected chi connectivity index (χ1v) is 3.24. The quantitative estimate of drug-likeness (QED) is 0.664. The van der Waals surface area contributed by atoms with E-state index in [1.807, 2.05) is 0 Å². The van der Waals surface area contributed by atoms with Gasteiger partial charge in [0.1, 0.15) is 5.56 Å². The summed E-state index contributed by atoms with van der Waals surface area (Å²) in [4.78, 5) is 21.3. The summed E-state index contributed by atoms with van der Waals surface area (Å²) in [6, 6.07) is 0. The predicted octanol–water partition coefficient (Wildman–Crippen LogP) is 0.884. The number of hydrogen-bond acceptors (Lipinski definition) is 4. The predicted molar refractivity (Wildman–Crippen MR) is 38.2 cm³/mol. The van der Waals surface area contributed by atoms with Gasteiger partial charge in [-0.2, -0.15) is 0 Å². The molecule has 0 unspecified atom stereocenters. The summed E-state index contributed by atoms with van der Waals surface area (Å²) in [5.41, 5.74) is 0.0650. The highest BCUT2D eigenvalue weighted by molar-refractivity contribution is 6.03. The van der Waals surface area contributed by atoms with Crippen LogP contribution in [0.3, 0.4) is 0 Å². The first kappa shape index (κ1) is 8.45. The van der Waals surface area contributed by atoms with Crippen molar-refractivity contribution in [1.82, 2.24) is 5.16 Å². The van der Waals surface area contributed by atoms with Crippen LogP contribution in [0, 0.1) is 6.92 Å². The van der Waals surface area contributed by atoms with Crippen LogP contribution in [0.25, 0.3) is 0 Å². The fourth-order valence-electron chi connectivity index (χ4n) is 0.862. The van der Waals surface area contributed by atoms with Gasteiger partial charge in [0.15, 0.2) is 5.78 Å². The molecule has 1 rings (SSSR count). The molecule has 0 radical (unpaired) electrons. The van der Waals surface area contributed by atoms with Crippen molar-refractivity contribution in [2.75, 3.05) is 0 Å². The van der Waals surface area contributed by atoms with Crippen molar-refractivity contribution in [1.29, 1.82) is 0 Å². The molecule has 0 saturated carbocycles. The minimum absolute atomic E-state index is 0.150. The van der Waals surface area contributed by atoms with Gasteiger partial charge in [-0.25, -0.2) is 4.79 Å². The van der Waals surface area contributed by atoms with Crippen LogP contribution in [0.1, 0.15) is 33.5 Å². The van der Waals surface area contributed by atoms with Crippen LogP contribution in [0.15, 0.2) is 4.52 Å². The van der Waals surface area contributed by atoms with Gasteiger partial charge in [-0.05, 0) is 6.92 Å². The Morgan fingerprint density at radius 3 is 2.42 bits per heavy atom. The zero-order valence-electron chi connectivity index (χ0n) is 6.62. The van der Waals surface area contributed by atoms with Crippen LogP contribution >= 0.6 is 0 Å². The lowest BCUT2D eigenvalue weighted by Crippen LogP contribution is -2.04. The van der Waals surface area contributed by atoms with E-state index in [0.717, 1.165) is 0 Å². The number of nitrogens with zero attached hydrogens (tertiary/aromatic N) is 1. The molecule has 0 bridgehead atoms. The molecule has 0 aromatic carbocycles. The molecule has 1 heterocycles. The van der Waals surface area contributed by atoms with Crippen molar-refractivity contribution in [3.63, 3.8) is 0 Å². The largest absolute Gasteiger partial charge is 0.477 e. The molecular formula is C7H7NO4. The van der Waals surface area contributed by atoms with Crippen LogP contribution in [0.5, 0.6) is 0 Å². The van der Waals surface area contributed by atoms with E-state index in [1.54, 1.807) is 0 Å². The molecule has 64 valence electrons. The summed E-state index contributed by atoms with van der Waals surface area (Å²) >= 11 is 0. The first-order valence-electron chi connectivity index (χ1n) is 3.24. The molecule has 0 aliphatic rings. The lowest BCUT2D eigenvalue weighted by atomic mass is 10.1. The minimum atomic E-state index is -1.20. The average molecular weight is 169 g/mol. The van der Waals surface area contributed by atoms with Gasteiger partial charge in [-0.15, -0.1) is 0 Å². The van der Waals surface area contributed by atoms with E-state index < -0.39 is 11.8 Å². The highest BCUT2D eigenvalue weighted by Crippen LogP contribution is 2.13. The molecule has 0 saturated heterocycles. The molecule has 5 nitrogen and oxygen atoms in total. The van der Waals surface area contributed by atoms with E-state index in [9.17, 15) is 9.59 Å². The molecule has 0 spiro atoms. The number of carbonyl (C=O) groups excluding carboxylic acids is 1. The van der Waals surface area contributed by atoms with Crippen molar-refractivity contribution < 1.29 is 19.2 Å².